The fraction of sp³-hybridized carbons (Fsp3) is 0.154. The molecule has 0 aliphatic rings. The van der Waals surface area contributed by atoms with Gasteiger partial charge in [-0.2, -0.15) is 9.82 Å². The third kappa shape index (κ3) is 5.04. The lowest BCUT2D eigenvalue weighted by Crippen LogP contribution is -2.29. The van der Waals surface area contributed by atoms with Crippen molar-refractivity contribution < 1.29 is 18.6 Å². The number of nitrogens with one attached hydrogen (secondary N) is 2. The molecule has 0 saturated carbocycles. The number of fused-ring (bicyclic) bond motifs is 1. The number of rotatable bonds is 8. The summed E-state index contributed by atoms with van der Waals surface area (Å²) in [5.41, 5.74) is 7.49. The number of aromatic amines is 1. The zero-order chi connectivity index (χ0) is 27.1. The molecule has 3 heterocycles. The maximum absolute atomic E-state index is 13.2. The molecule has 12 heteroatoms. The summed E-state index contributed by atoms with van der Waals surface area (Å²) in [6.45, 7) is 1.09. The number of aliphatic hydroxyl groups excluding tert-OH is 1. The summed E-state index contributed by atoms with van der Waals surface area (Å²) >= 11 is 7.93. The normalized spacial score (nSPS) is 14.4. The van der Waals surface area contributed by atoms with Crippen molar-refractivity contribution in [2.24, 2.45) is 0 Å². The van der Waals surface area contributed by atoms with Gasteiger partial charge in [-0.05, 0) is 59.8 Å². The molecule has 2 aromatic carbocycles. The molecule has 0 bridgehead atoms. The van der Waals surface area contributed by atoms with Gasteiger partial charge in [-0.25, -0.2) is 8.42 Å². The first-order valence-corrected chi connectivity index (χ1v) is 14.2. The van der Waals surface area contributed by atoms with Crippen LogP contribution in [0.25, 0.3) is 21.3 Å². The van der Waals surface area contributed by atoms with Crippen LogP contribution in [0.5, 0.6) is 0 Å². The van der Waals surface area contributed by atoms with Crippen molar-refractivity contribution in [3.63, 3.8) is 0 Å². The number of hydrogen-bond acceptors (Lipinski definition) is 8. The Morgan fingerprint density at radius 2 is 2.03 bits per heavy atom. The van der Waals surface area contributed by atoms with Crippen LogP contribution in [0.15, 0.2) is 78.1 Å². The number of nitrogens with zero attached hydrogens (tertiary/aromatic N) is 2. The van der Waals surface area contributed by atoms with E-state index in [4.69, 9.17) is 17.3 Å². The summed E-state index contributed by atoms with van der Waals surface area (Å²) < 4.78 is 30.1. The van der Waals surface area contributed by atoms with Gasteiger partial charge in [-0.1, -0.05) is 29.8 Å². The van der Waals surface area contributed by atoms with Gasteiger partial charge in [0, 0.05) is 38.2 Å². The van der Waals surface area contributed by atoms with Crippen LogP contribution in [-0.4, -0.2) is 40.4 Å². The number of thiophene rings is 1. The van der Waals surface area contributed by atoms with Crippen LogP contribution in [0.4, 0.5) is 5.69 Å². The minimum Gasteiger partial charge on any atom is -0.399 e. The van der Waals surface area contributed by atoms with Gasteiger partial charge >= 0.3 is 0 Å². The lowest BCUT2D eigenvalue weighted by molar-refractivity contribution is -0.00230. The summed E-state index contributed by atoms with van der Waals surface area (Å²) in [4.78, 5) is 5.17. The highest BCUT2D eigenvalue weighted by Gasteiger charge is 2.28. The second kappa shape index (κ2) is 10.1. The number of nitrogen functional groups attached to an aromatic ring is 1. The summed E-state index contributed by atoms with van der Waals surface area (Å²) in [6.07, 6.45) is 4.10. The Bertz CT molecular complexity index is 1720. The molecule has 2 atom stereocenters. The number of hydrogen-bond donors (Lipinski definition) is 5. The fourth-order valence-electron chi connectivity index (χ4n) is 4.10. The van der Waals surface area contributed by atoms with Crippen LogP contribution in [0.3, 0.4) is 0 Å². The monoisotopic (exact) mass is 569 g/mol. The lowest BCUT2D eigenvalue weighted by atomic mass is 9.96. The number of sulfonamides is 1. The topological polar surface area (TPSA) is 154 Å². The van der Waals surface area contributed by atoms with Gasteiger partial charge in [-0.15, -0.1) is 11.3 Å². The summed E-state index contributed by atoms with van der Waals surface area (Å²) in [5.74, 6) is 0. The van der Waals surface area contributed by atoms with Gasteiger partial charge in [0.25, 0.3) is 0 Å². The fourth-order valence-corrected chi connectivity index (χ4v) is 6.75. The number of benzene rings is 2. The molecule has 196 valence electrons. The van der Waals surface area contributed by atoms with Crippen LogP contribution in [-0.2, 0) is 15.6 Å². The quantitative estimate of drug-likeness (QED) is 0.175. The van der Waals surface area contributed by atoms with E-state index in [1.807, 2.05) is 24.3 Å². The molecular formula is C26H24ClN5O4S2. The number of aliphatic hydroxyl groups is 2. The predicted octanol–water partition coefficient (Wildman–Crippen LogP) is 4.19. The highest BCUT2D eigenvalue weighted by Crippen LogP contribution is 2.41. The largest absolute Gasteiger partial charge is 0.399 e. The molecule has 38 heavy (non-hydrogen) atoms. The average molecular weight is 570 g/mol. The molecule has 6 N–H and O–H groups in total. The molecule has 0 aliphatic carbocycles. The van der Waals surface area contributed by atoms with Gasteiger partial charge < -0.3 is 15.9 Å². The molecular weight excluding hydrogens is 546 g/mol. The first-order valence-electron chi connectivity index (χ1n) is 11.5. The molecule has 0 unspecified atom stereocenters. The molecule has 5 aromatic rings. The number of halogens is 1. The van der Waals surface area contributed by atoms with Crippen LogP contribution in [0.1, 0.15) is 29.0 Å². The van der Waals surface area contributed by atoms with Gasteiger partial charge in [0.1, 0.15) is 10.5 Å². The van der Waals surface area contributed by atoms with Crippen molar-refractivity contribution in [2.45, 2.75) is 23.5 Å². The van der Waals surface area contributed by atoms with Crippen LogP contribution in [0.2, 0.25) is 5.02 Å². The van der Waals surface area contributed by atoms with Crippen LogP contribution in [0, 0.1) is 0 Å². The van der Waals surface area contributed by atoms with Crippen LogP contribution >= 0.6 is 22.9 Å². The van der Waals surface area contributed by atoms with E-state index in [0.29, 0.717) is 32.4 Å². The van der Waals surface area contributed by atoms with Crippen molar-refractivity contribution >= 4 is 48.7 Å². The van der Waals surface area contributed by atoms with E-state index in [2.05, 4.69) is 19.9 Å². The second-order valence-corrected chi connectivity index (χ2v) is 12.2. The van der Waals surface area contributed by atoms with E-state index in [0.717, 1.165) is 15.6 Å². The molecule has 0 fully saturated rings. The van der Waals surface area contributed by atoms with Gasteiger partial charge in [-0.3, -0.25) is 10.1 Å². The van der Waals surface area contributed by atoms with E-state index < -0.39 is 28.3 Å². The van der Waals surface area contributed by atoms with Crippen molar-refractivity contribution in [3.8, 4) is 11.3 Å². The van der Waals surface area contributed by atoms with Gasteiger partial charge in [0.15, 0.2) is 0 Å². The number of nitrogens with two attached hydrogens (primary N) is 1. The number of anilines is 1. The summed E-state index contributed by atoms with van der Waals surface area (Å²) in [6, 6.07) is 15.1. The number of aromatic nitrogens is 3. The maximum Gasteiger partial charge on any atom is 0.244 e. The number of pyridine rings is 1. The van der Waals surface area contributed by atoms with E-state index in [1.54, 1.807) is 36.5 Å². The highest BCUT2D eigenvalue weighted by molar-refractivity contribution is 7.89. The molecule has 0 saturated heterocycles. The average Bonchev–Trinajstić information content (AvgIpc) is 3.60. The van der Waals surface area contributed by atoms with Crippen molar-refractivity contribution in [2.75, 3.05) is 12.3 Å². The van der Waals surface area contributed by atoms with Crippen LogP contribution < -0.4 is 10.5 Å². The van der Waals surface area contributed by atoms with E-state index in [-0.39, 0.29) is 4.90 Å². The SMILES string of the molecule is C[C@@](O)(CO)c1ccnc(-c2cccc3cc([C@@H](NS(=O)(=O)c4cn[nH]c4)c4cc(N)ccc4Cl)sc23)c1. The lowest BCUT2D eigenvalue weighted by Gasteiger charge is -2.21. The summed E-state index contributed by atoms with van der Waals surface area (Å²) in [7, 11) is -3.97. The van der Waals surface area contributed by atoms with E-state index in [9.17, 15) is 18.6 Å². The Kier molecular flexibility index (Phi) is 6.99. The van der Waals surface area contributed by atoms with E-state index in [1.165, 1.54) is 30.7 Å². The zero-order valence-electron chi connectivity index (χ0n) is 20.1. The first kappa shape index (κ1) is 26.3. The Hall–Kier alpha value is -3.32. The second-order valence-electron chi connectivity index (χ2n) is 9.00. The Morgan fingerprint density at radius 3 is 2.76 bits per heavy atom. The minimum absolute atomic E-state index is 0.0127. The molecule has 0 radical (unpaired) electrons. The molecule has 0 aliphatic heterocycles. The van der Waals surface area contributed by atoms with E-state index >= 15 is 0 Å². The first-order chi connectivity index (χ1) is 18.1. The standard InChI is InChI=1S/C26H24ClN5O4S2/c1-26(34,14-33)16-7-8-29-22(10-16)19-4-2-3-15-9-23(37-25(15)19)24(20-11-17(28)5-6-21(20)27)32-38(35,36)18-12-30-31-13-18/h2-13,24,32-34H,14,28H2,1H3,(H,30,31)/t24-,26+/m0/s1. The smallest absolute Gasteiger partial charge is 0.244 e. The van der Waals surface area contributed by atoms with Gasteiger partial charge in [0.2, 0.25) is 10.0 Å². The Morgan fingerprint density at radius 1 is 1.21 bits per heavy atom. The highest BCUT2D eigenvalue weighted by atomic mass is 35.5. The van der Waals surface area contributed by atoms with Crippen molar-refractivity contribution in [3.05, 3.63) is 94.2 Å². The molecule has 0 amide bonds. The zero-order valence-corrected chi connectivity index (χ0v) is 22.5. The molecule has 5 rings (SSSR count). The Balaban J connectivity index is 1.66. The van der Waals surface area contributed by atoms with Crippen molar-refractivity contribution in [1.82, 2.24) is 19.9 Å². The molecule has 9 nitrogen and oxygen atoms in total. The van der Waals surface area contributed by atoms with Crippen molar-refractivity contribution in [1.29, 1.82) is 0 Å². The van der Waals surface area contributed by atoms with Gasteiger partial charge in [0.05, 0.1) is 24.5 Å². The third-order valence-corrected chi connectivity index (χ3v) is 9.18. The maximum atomic E-state index is 13.2. The predicted molar refractivity (Wildman–Crippen MR) is 148 cm³/mol. The number of H-pyrrole nitrogens is 1. The minimum atomic E-state index is -3.97. The summed E-state index contributed by atoms with van der Waals surface area (Å²) in [5, 5.41) is 27.7. The molecule has 3 aromatic heterocycles. The Labute approximate surface area is 228 Å². The molecule has 0 spiro atoms. The third-order valence-electron chi connectivity index (χ3n) is 6.20.